The number of aromatic nitrogens is 3. The van der Waals surface area contributed by atoms with Gasteiger partial charge in [-0.3, -0.25) is 0 Å². The van der Waals surface area contributed by atoms with E-state index in [0.29, 0.717) is 45.1 Å². The molecule has 0 atom stereocenters. The number of carbonyl (C=O) groups is 1. The average Bonchev–Trinajstić information content (AvgIpc) is 3.21. The summed E-state index contributed by atoms with van der Waals surface area (Å²) in [5.41, 5.74) is 4.71. The number of carbonyl (C=O) groups excluding carboxylic acids is 1. The van der Waals surface area contributed by atoms with Gasteiger partial charge in [0, 0.05) is 6.07 Å². The van der Waals surface area contributed by atoms with Crippen LogP contribution in [0.25, 0.3) is 5.69 Å². The van der Waals surface area contributed by atoms with Crippen molar-refractivity contribution in [3.63, 3.8) is 0 Å². The van der Waals surface area contributed by atoms with Crippen LogP contribution in [0, 0.1) is 0 Å². The molecule has 1 aliphatic rings. The van der Waals surface area contributed by atoms with E-state index in [2.05, 4.69) is 18.9 Å². The number of esters is 1. The van der Waals surface area contributed by atoms with E-state index < -0.39 is 5.97 Å². The lowest BCUT2D eigenvalue weighted by molar-refractivity contribution is 0.0600. The summed E-state index contributed by atoms with van der Waals surface area (Å²) >= 11 is 12.9. The maximum Gasteiger partial charge on any atom is 0.337 e. The highest BCUT2D eigenvalue weighted by atomic mass is 35.5. The van der Waals surface area contributed by atoms with E-state index in [-0.39, 0.29) is 12.5 Å². The Balaban J connectivity index is 1.40. The van der Waals surface area contributed by atoms with Crippen LogP contribution in [0.2, 0.25) is 10.0 Å². The molecule has 0 N–H and O–H groups in total. The van der Waals surface area contributed by atoms with Gasteiger partial charge in [-0.15, -0.1) is 0 Å². The summed E-state index contributed by atoms with van der Waals surface area (Å²) < 4.78 is 18.9. The van der Waals surface area contributed by atoms with Crippen LogP contribution >= 0.6 is 23.2 Å². The molecule has 1 aliphatic heterocycles. The maximum absolute atomic E-state index is 11.9. The van der Waals surface area contributed by atoms with Crippen LogP contribution in [-0.2, 0) is 24.2 Å². The number of halogens is 2. The standard InChI is InChI=1S/C28H25Cl2N3O4/c1-16(2)19-14-31-33(27-20(29)5-4-6-21(27)30)23(19)15-36-26-12-11-24-22(32-26)10-9-17-7-8-18(28(34)35-3)13-25(17)37-24/h4-8,11-14,16H,9-10,15H2,1-3H3. The average molecular weight is 538 g/mol. The Labute approximate surface area is 224 Å². The Bertz CT molecular complexity index is 1460. The molecule has 0 radical (unpaired) electrons. The van der Waals surface area contributed by atoms with Crippen molar-refractivity contribution in [1.82, 2.24) is 14.8 Å². The first kappa shape index (κ1) is 25.1. The van der Waals surface area contributed by atoms with E-state index in [9.17, 15) is 4.79 Å². The van der Waals surface area contributed by atoms with Crippen molar-refractivity contribution < 1.29 is 19.0 Å². The molecule has 0 fully saturated rings. The van der Waals surface area contributed by atoms with Gasteiger partial charge < -0.3 is 14.2 Å². The summed E-state index contributed by atoms with van der Waals surface area (Å²) in [6, 6.07) is 14.3. The van der Waals surface area contributed by atoms with Crippen LogP contribution in [0.5, 0.6) is 17.4 Å². The molecule has 0 amide bonds. The normalized spacial score (nSPS) is 12.4. The third kappa shape index (κ3) is 5.02. The molecule has 4 aromatic rings. The van der Waals surface area contributed by atoms with Crippen molar-refractivity contribution in [1.29, 1.82) is 0 Å². The van der Waals surface area contributed by atoms with Gasteiger partial charge in [0.1, 0.15) is 23.8 Å². The highest BCUT2D eigenvalue weighted by Gasteiger charge is 2.21. The van der Waals surface area contributed by atoms with Crippen molar-refractivity contribution in [2.45, 2.75) is 39.2 Å². The van der Waals surface area contributed by atoms with Gasteiger partial charge in [-0.05, 0) is 60.2 Å². The summed E-state index contributed by atoms with van der Waals surface area (Å²) in [7, 11) is 1.36. The van der Waals surface area contributed by atoms with Crippen LogP contribution < -0.4 is 9.47 Å². The number of fused-ring (bicyclic) bond motifs is 2. The molecule has 2 aromatic carbocycles. The molecule has 0 saturated heterocycles. The zero-order valence-electron chi connectivity index (χ0n) is 20.6. The summed E-state index contributed by atoms with van der Waals surface area (Å²) in [6.45, 7) is 4.42. The van der Waals surface area contributed by atoms with Gasteiger partial charge in [-0.2, -0.15) is 5.10 Å². The maximum atomic E-state index is 11.9. The predicted molar refractivity (Wildman–Crippen MR) is 142 cm³/mol. The summed E-state index contributed by atoms with van der Waals surface area (Å²) in [4.78, 5) is 16.7. The molecule has 2 aromatic heterocycles. The van der Waals surface area contributed by atoms with E-state index in [0.717, 1.165) is 28.9 Å². The Morgan fingerprint density at radius 1 is 1.08 bits per heavy atom. The van der Waals surface area contributed by atoms with Crippen LogP contribution in [0.3, 0.4) is 0 Å². The molecule has 190 valence electrons. The highest BCUT2D eigenvalue weighted by Crippen LogP contribution is 2.35. The van der Waals surface area contributed by atoms with Gasteiger partial charge in [-0.1, -0.05) is 49.2 Å². The molecule has 0 spiro atoms. The summed E-state index contributed by atoms with van der Waals surface area (Å²) in [6.07, 6.45) is 3.21. The van der Waals surface area contributed by atoms with Crippen molar-refractivity contribution in [2.24, 2.45) is 0 Å². The molecule has 0 aliphatic carbocycles. The molecule has 0 saturated carbocycles. The third-order valence-electron chi connectivity index (χ3n) is 6.28. The smallest absolute Gasteiger partial charge is 0.337 e. The minimum absolute atomic E-state index is 0.218. The number of para-hydroxylation sites is 1. The van der Waals surface area contributed by atoms with Crippen LogP contribution in [-0.4, -0.2) is 27.8 Å². The first-order valence-corrected chi connectivity index (χ1v) is 12.6. The molecule has 7 nitrogen and oxygen atoms in total. The number of rotatable bonds is 6. The largest absolute Gasteiger partial charge is 0.471 e. The number of methoxy groups -OCH3 is 1. The van der Waals surface area contributed by atoms with Crippen LogP contribution in [0.4, 0.5) is 0 Å². The second-order valence-electron chi connectivity index (χ2n) is 8.98. The lowest BCUT2D eigenvalue weighted by atomic mass is 10.0. The van der Waals surface area contributed by atoms with E-state index >= 15 is 0 Å². The van der Waals surface area contributed by atoms with Crippen molar-refractivity contribution in [3.8, 4) is 23.1 Å². The molecule has 9 heteroatoms. The Hall–Kier alpha value is -3.55. The minimum Gasteiger partial charge on any atom is -0.471 e. The SMILES string of the molecule is COC(=O)c1ccc2c(c1)Oc1ccc(OCc3c(C(C)C)cnn3-c3c(Cl)cccc3Cl)nc1CC2. The lowest BCUT2D eigenvalue weighted by Crippen LogP contribution is -2.10. The van der Waals surface area contributed by atoms with Crippen molar-refractivity contribution in [3.05, 3.63) is 92.9 Å². The van der Waals surface area contributed by atoms with E-state index in [1.165, 1.54) is 7.11 Å². The monoisotopic (exact) mass is 537 g/mol. The number of pyridine rings is 1. The zero-order valence-corrected chi connectivity index (χ0v) is 22.1. The Morgan fingerprint density at radius 3 is 2.59 bits per heavy atom. The fraction of sp³-hybridized carbons (Fsp3) is 0.250. The number of ether oxygens (including phenoxy) is 3. The predicted octanol–water partition coefficient (Wildman–Crippen LogP) is 6.95. The number of hydrogen-bond acceptors (Lipinski definition) is 6. The van der Waals surface area contributed by atoms with Crippen molar-refractivity contribution >= 4 is 29.2 Å². The number of nitrogens with zero attached hydrogens (tertiary/aromatic N) is 3. The Morgan fingerprint density at radius 2 is 1.86 bits per heavy atom. The van der Waals surface area contributed by atoms with Gasteiger partial charge in [0.2, 0.25) is 5.88 Å². The fourth-order valence-corrected chi connectivity index (χ4v) is 4.89. The van der Waals surface area contributed by atoms with Crippen molar-refractivity contribution in [2.75, 3.05) is 7.11 Å². The molecule has 0 bridgehead atoms. The number of aryl methyl sites for hydroxylation is 2. The molecular weight excluding hydrogens is 513 g/mol. The summed E-state index contributed by atoms with van der Waals surface area (Å²) in [5.74, 6) is 1.53. The highest BCUT2D eigenvalue weighted by molar-refractivity contribution is 6.37. The Kier molecular flexibility index (Phi) is 7.09. The quantitative estimate of drug-likeness (QED) is 0.247. The molecule has 37 heavy (non-hydrogen) atoms. The van der Waals surface area contributed by atoms with Gasteiger partial charge in [-0.25, -0.2) is 14.5 Å². The van der Waals surface area contributed by atoms with Gasteiger partial charge in [0.25, 0.3) is 0 Å². The zero-order chi connectivity index (χ0) is 26.1. The molecule has 5 rings (SSSR count). The lowest BCUT2D eigenvalue weighted by Gasteiger charge is -2.15. The van der Waals surface area contributed by atoms with Gasteiger partial charge in [0.05, 0.1) is 40.3 Å². The molecule has 3 heterocycles. The van der Waals surface area contributed by atoms with E-state index in [1.54, 1.807) is 41.1 Å². The first-order chi connectivity index (χ1) is 17.9. The second-order valence-corrected chi connectivity index (χ2v) is 9.80. The van der Waals surface area contributed by atoms with Gasteiger partial charge >= 0.3 is 5.97 Å². The molecular formula is C28H25Cl2N3O4. The summed E-state index contributed by atoms with van der Waals surface area (Å²) in [5, 5.41) is 5.57. The van der Waals surface area contributed by atoms with Crippen LogP contribution in [0.1, 0.15) is 52.6 Å². The molecule has 0 unspecified atom stereocenters. The first-order valence-electron chi connectivity index (χ1n) is 11.9. The third-order valence-corrected chi connectivity index (χ3v) is 6.89. The van der Waals surface area contributed by atoms with Gasteiger partial charge in [0.15, 0.2) is 0 Å². The second kappa shape index (κ2) is 10.4. The van der Waals surface area contributed by atoms with E-state index in [4.69, 9.17) is 42.4 Å². The number of hydrogen-bond donors (Lipinski definition) is 0. The fourth-order valence-electron chi connectivity index (χ4n) is 4.33. The minimum atomic E-state index is -0.407. The number of benzene rings is 2. The van der Waals surface area contributed by atoms with E-state index in [1.807, 2.05) is 18.3 Å². The van der Waals surface area contributed by atoms with Crippen LogP contribution in [0.15, 0.2) is 54.7 Å². The topological polar surface area (TPSA) is 75.5 Å².